The molecule has 1 heterocycles. The highest BCUT2D eigenvalue weighted by Gasteiger charge is 2.10. The zero-order valence-electron chi connectivity index (χ0n) is 9.41. The van der Waals surface area contributed by atoms with Crippen LogP contribution in [0.25, 0.3) is 0 Å². The standard InChI is InChI=1S/C13H19NO/c1-2-4-12-5-3-6-13(11-12)14-7-9-15-10-8-14/h3,5-6,11H,2,4,7-10H2,1H3. The average molecular weight is 205 g/mol. The number of benzene rings is 1. The van der Waals surface area contributed by atoms with Crippen molar-refractivity contribution >= 4 is 5.69 Å². The Morgan fingerprint density at radius 2 is 2.07 bits per heavy atom. The number of anilines is 1. The van der Waals surface area contributed by atoms with Crippen molar-refractivity contribution in [3.8, 4) is 0 Å². The van der Waals surface area contributed by atoms with Gasteiger partial charge in [-0.25, -0.2) is 0 Å². The SMILES string of the molecule is CCCc1cccc(N2CCOCC2)c1. The third-order valence-electron chi connectivity index (χ3n) is 2.83. The lowest BCUT2D eigenvalue weighted by Gasteiger charge is -2.29. The van der Waals surface area contributed by atoms with Gasteiger partial charge in [0.05, 0.1) is 13.2 Å². The van der Waals surface area contributed by atoms with Gasteiger partial charge in [-0.3, -0.25) is 0 Å². The number of nitrogens with zero attached hydrogens (tertiary/aromatic N) is 1. The summed E-state index contributed by atoms with van der Waals surface area (Å²) in [4.78, 5) is 2.41. The van der Waals surface area contributed by atoms with Gasteiger partial charge in [-0.15, -0.1) is 0 Å². The van der Waals surface area contributed by atoms with Gasteiger partial charge in [-0.1, -0.05) is 25.5 Å². The van der Waals surface area contributed by atoms with Crippen LogP contribution in [0, 0.1) is 0 Å². The second-order valence-corrected chi connectivity index (χ2v) is 4.02. The van der Waals surface area contributed by atoms with Crippen LogP contribution in [0.15, 0.2) is 24.3 Å². The average Bonchev–Trinajstić information content (AvgIpc) is 2.31. The van der Waals surface area contributed by atoms with Crippen LogP contribution >= 0.6 is 0 Å². The van der Waals surface area contributed by atoms with Crippen molar-refractivity contribution in [2.75, 3.05) is 31.2 Å². The molecule has 2 rings (SSSR count). The van der Waals surface area contributed by atoms with E-state index in [1.807, 2.05) is 0 Å². The molecule has 0 saturated carbocycles. The van der Waals surface area contributed by atoms with E-state index in [9.17, 15) is 0 Å². The van der Waals surface area contributed by atoms with Gasteiger partial charge in [-0.05, 0) is 24.1 Å². The summed E-state index contributed by atoms with van der Waals surface area (Å²) in [6.45, 7) is 5.99. The number of rotatable bonds is 3. The van der Waals surface area contributed by atoms with Crippen LogP contribution < -0.4 is 4.90 Å². The maximum absolute atomic E-state index is 5.36. The van der Waals surface area contributed by atoms with Gasteiger partial charge in [0.2, 0.25) is 0 Å². The van der Waals surface area contributed by atoms with Gasteiger partial charge in [0, 0.05) is 18.8 Å². The number of ether oxygens (including phenoxy) is 1. The molecule has 0 radical (unpaired) electrons. The van der Waals surface area contributed by atoms with Gasteiger partial charge >= 0.3 is 0 Å². The van der Waals surface area contributed by atoms with E-state index in [2.05, 4.69) is 36.1 Å². The highest BCUT2D eigenvalue weighted by atomic mass is 16.5. The Bertz CT molecular complexity index is 305. The van der Waals surface area contributed by atoms with E-state index in [1.54, 1.807) is 0 Å². The summed E-state index contributed by atoms with van der Waals surface area (Å²) in [5.74, 6) is 0. The van der Waals surface area contributed by atoms with Gasteiger partial charge in [0.1, 0.15) is 0 Å². The molecule has 2 nitrogen and oxygen atoms in total. The first-order valence-corrected chi connectivity index (χ1v) is 5.82. The highest BCUT2D eigenvalue weighted by Crippen LogP contribution is 2.18. The van der Waals surface area contributed by atoms with E-state index in [0.29, 0.717) is 0 Å². The molecule has 1 fully saturated rings. The molecule has 0 aromatic heterocycles. The molecular formula is C13H19NO. The molecule has 2 heteroatoms. The van der Waals surface area contributed by atoms with Crippen LogP contribution in [0.4, 0.5) is 5.69 Å². The van der Waals surface area contributed by atoms with E-state index in [-0.39, 0.29) is 0 Å². The van der Waals surface area contributed by atoms with Crippen LogP contribution in [0.2, 0.25) is 0 Å². The lowest BCUT2D eigenvalue weighted by atomic mass is 10.1. The van der Waals surface area contributed by atoms with Crippen molar-refractivity contribution in [1.82, 2.24) is 0 Å². The molecule has 0 bridgehead atoms. The fourth-order valence-electron chi connectivity index (χ4n) is 2.02. The molecule has 1 saturated heterocycles. The van der Waals surface area contributed by atoms with Crippen LogP contribution in [-0.4, -0.2) is 26.3 Å². The highest BCUT2D eigenvalue weighted by molar-refractivity contribution is 5.48. The Hall–Kier alpha value is -1.02. The fraction of sp³-hybridized carbons (Fsp3) is 0.538. The van der Waals surface area contributed by atoms with E-state index in [0.717, 1.165) is 26.3 Å². The summed E-state index contributed by atoms with van der Waals surface area (Å²) in [5.41, 5.74) is 2.80. The Balaban J connectivity index is 2.09. The van der Waals surface area contributed by atoms with Gasteiger partial charge in [-0.2, -0.15) is 0 Å². The van der Waals surface area contributed by atoms with Crippen molar-refractivity contribution in [2.24, 2.45) is 0 Å². The predicted octanol–water partition coefficient (Wildman–Crippen LogP) is 2.48. The van der Waals surface area contributed by atoms with Gasteiger partial charge in [0.25, 0.3) is 0 Å². The summed E-state index contributed by atoms with van der Waals surface area (Å²) >= 11 is 0. The first-order chi connectivity index (χ1) is 7.40. The fourth-order valence-corrected chi connectivity index (χ4v) is 2.02. The molecule has 0 atom stereocenters. The van der Waals surface area contributed by atoms with E-state index in [1.165, 1.54) is 24.1 Å². The summed E-state index contributed by atoms with van der Waals surface area (Å²) in [5, 5.41) is 0. The summed E-state index contributed by atoms with van der Waals surface area (Å²) in [7, 11) is 0. The van der Waals surface area contributed by atoms with Crippen molar-refractivity contribution in [3.63, 3.8) is 0 Å². The molecule has 1 aromatic rings. The maximum atomic E-state index is 5.36. The van der Waals surface area contributed by atoms with E-state index in [4.69, 9.17) is 4.74 Å². The topological polar surface area (TPSA) is 12.5 Å². The lowest BCUT2D eigenvalue weighted by Crippen LogP contribution is -2.36. The Kier molecular flexibility index (Phi) is 3.62. The molecule has 1 aliphatic heterocycles. The minimum absolute atomic E-state index is 0.859. The Morgan fingerprint density at radius 1 is 1.27 bits per heavy atom. The molecule has 0 spiro atoms. The lowest BCUT2D eigenvalue weighted by molar-refractivity contribution is 0.122. The molecule has 15 heavy (non-hydrogen) atoms. The monoisotopic (exact) mass is 205 g/mol. The van der Waals surface area contributed by atoms with E-state index >= 15 is 0 Å². The molecule has 82 valence electrons. The Morgan fingerprint density at radius 3 is 2.80 bits per heavy atom. The van der Waals surface area contributed by atoms with Gasteiger partial charge in [0.15, 0.2) is 0 Å². The molecule has 0 unspecified atom stereocenters. The minimum Gasteiger partial charge on any atom is -0.378 e. The summed E-state index contributed by atoms with van der Waals surface area (Å²) in [6.07, 6.45) is 2.39. The third kappa shape index (κ3) is 2.72. The smallest absolute Gasteiger partial charge is 0.0642 e. The number of hydrogen-bond donors (Lipinski definition) is 0. The maximum Gasteiger partial charge on any atom is 0.0642 e. The first kappa shape index (κ1) is 10.5. The molecule has 0 amide bonds. The zero-order valence-corrected chi connectivity index (χ0v) is 9.41. The first-order valence-electron chi connectivity index (χ1n) is 5.82. The number of morpholine rings is 1. The molecular weight excluding hydrogens is 186 g/mol. The number of hydrogen-bond acceptors (Lipinski definition) is 2. The number of aryl methyl sites for hydroxylation is 1. The summed E-state index contributed by atoms with van der Waals surface area (Å²) in [6, 6.07) is 8.89. The summed E-state index contributed by atoms with van der Waals surface area (Å²) < 4.78 is 5.36. The van der Waals surface area contributed by atoms with Gasteiger partial charge < -0.3 is 9.64 Å². The van der Waals surface area contributed by atoms with Crippen molar-refractivity contribution < 1.29 is 4.74 Å². The zero-order chi connectivity index (χ0) is 10.5. The normalized spacial score (nSPS) is 16.7. The largest absolute Gasteiger partial charge is 0.378 e. The second-order valence-electron chi connectivity index (χ2n) is 4.02. The van der Waals surface area contributed by atoms with Crippen molar-refractivity contribution in [2.45, 2.75) is 19.8 Å². The van der Waals surface area contributed by atoms with Crippen LogP contribution in [0.3, 0.4) is 0 Å². The van der Waals surface area contributed by atoms with E-state index < -0.39 is 0 Å². The molecule has 1 aliphatic rings. The van der Waals surface area contributed by atoms with Crippen LogP contribution in [0.5, 0.6) is 0 Å². The van der Waals surface area contributed by atoms with Crippen LogP contribution in [-0.2, 0) is 11.2 Å². The molecule has 0 N–H and O–H groups in total. The Labute approximate surface area is 91.9 Å². The van der Waals surface area contributed by atoms with Crippen molar-refractivity contribution in [3.05, 3.63) is 29.8 Å². The molecule has 1 aromatic carbocycles. The minimum atomic E-state index is 0.859. The van der Waals surface area contributed by atoms with Crippen LogP contribution in [0.1, 0.15) is 18.9 Å². The quantitative estimate of drug-likeness (QED) is 0.751. The van der Waals surface area contributed by atoms with Crippen molar-refractivity contribution in [1.29, 1.82) is 0 Å². The predicted molar refractivity (Wildman–Crippen MR) is 63.5 cm³/mol. The second kappa shape index (κ2) is 5.17. The molecule has 0 aliphatic carbocycles. The third-order valence-corrected chi connectivity index (χ3v) is 2.83.